The van der Waals surface area contributed by atoms with Crippen molar-refractivity contribution in [1.82, 2.24) is 9.29 Å². The van der Waals surface area contributed by atoms with Crippen molar-refractivity contribution in [3.8, 4) is 5.75 Å². The fourth-order valence-corrected chi connectivity index (χ4v) is 4.05. The van der Waals surface area contributed by atoms with Crippen LogP contribution in [0.25, 0.3) is 0 Å². The van der Waals surface area contributed by atoms with Gasteiger partial charge in [0.1, 0.15) is 22.5 Å². The molecule has 10 heteroatoms. The second kappa shape index (κ2) is 7.58. The molecule has 26 heavy (non-hydrogen) atoms. The Bertz CT molecular complexity index is 855. The SMILES string of the molecule is CCN(C(c1ccc(OC)cc1)C(F)(F)F)S(=O)(=O)c1cncc(F)c1. The summed E-state index contributed by atoms with van der Waals surface area (Å²) in [4.78, 5) is 2.75. The third kappa shape index (κ3) is 4.13. The molecule has 0 aliphatic rings. The van der Waals surface area contributed by atoms with E-state index < -0.39 is 39.5 Å². The van der Waals surface area contributed by atoms with Crippen LogP contribution in [0.2, 0.25) is 0 Å². The Hall–Kier alpha value is -2.20. The third-order valence-electron chi connectivity index (χ3n) is 3.63. The molecule has 0 aliphatic carbocycles. The lowest BCUT2D eigenvalue weighted by Gasteiger charge is -2.31. The number of hydrogen-bond acceptors (Lipinski definition) is 4. The minimum absolute atomic E-state index is 0.269. The Morgan fingerprint density at radius 3 is 2.27 bits per heavy atom. The number of halogens is 4. The summed E-state index contributed by atoms with van der Waals surface area (Å²) in [7, 11) is -3.28. The summed E-state index contributed by atoms with van der Waals surface area (Å²) in [6.07, 6.45) is -3.32. The van der Waals surface area contributed by atoms with Gasteiger partial charge in [-0.05, 0) is 23.8 Å². The van der Waals surface area contributed by atoms with Crippen molar-refractivity contribution in [2.45, 2.75) is 24.0 Å². The number of aromatic nitrogens is 1. The smallest absolute Gasteiger partial charge is 0.409 e. The van der Waals surface area contributed by atoms with Crippen LogP contribution in [0.5, 0.6) is 5.75 Å². The van der Waals surface area contributed by atoms with E-state index >= 15 is 0 Å². The zero-order chi connectivity index (χ0) is 19.5. The molecule has 0 aliphatic heterocycles. The summed E-state index contributed by atoms with van der Waals surface area (Å²) < 4.78 is 85.1. The van der Waals surface area contributed by atoms with Crippen LogP contribution in [0, 0.1) is 5.82 Å². The van der Waals surface area contributed by atoms with E-state index in [1.165, 1.54) is 26.2 Å². The summed E-state index contributed by atoms with van der Waals surface area (Å²) in [6, 6.07) is 3.08. The molecule has 1 unspecified atom stereocenters. The molecule has 0 radical (unpaired) electrons. The van der Waals surface area contributed by atoms with Crippen LogP contribution >= 0.6 is 0 Å². The van der Waals surface area contributed by atoms with Gasteiger partial charge in [0.15, 0.2) is 0 Å². The topological polar surface area (TPSA) is 59.5 Å². The summed E-state index contributed by atoms with van der Waals surface area (Å²) in [6.45, 7) is 0.793. The molecule has 1 atom stereocenters. The number of rotatable bonds is 6. The zero-order valence-electron chi connectivity index (χ0n) is 13.9. The van der Waals surface area contributed by atoms with Gasteiger partial charge in [0.05, 0.1) is 13.3 Å². The lowest BCUT2D eigenvalue weighted by atomic mass is 10.1. The van der Waals surface area contributed by atoms with E-state index in [4.69, 9.17) is 4.74 Å². The predicted molar refractivity (Wildman–Crippen MR) is 85.6 cm³/mol. The second-order valence-corrected chi connectivity index (χ2v) is 7.16. The molecule has 0 fully saturated rings. The van der Waals surface area contributed by atoms with E-state index in [0.29, 0.717) is 11.8 Å². The van der Waals surface area contributed by atoms with Gasteiger partial charge < -0.3 is 4.74 Å². The van der Waals surface area contributed by atoms with Gasteiger partial charge in [0.2, 0.25) is 10.0 Å². The van der Waals surface area contributed by atoms with Crippen molar-refractivity contribution in [2.24, 2.45) is 0 Å². The van der Waals surface area contributed by atoms with Crippen LogP contribution in [0.1, 0.15) is 18.5 Å². The molecule has 5 nitrogen and oxygen atoms in total. The van der Waals surface area contributed by atoms with Crippen molar-refractivity contribution in [3.05, 3.63) is 54.1 Å². The minimum Gasteiger partial charge on any atom is -0.497 e. The van der Waals surface area contributed by atoms with Crippen LogP contribution in [0.3, 0.4) is 0 Å². The van der Waals surface area contributed by atoms with Gasteiger partial charge in [-0.1, -0.05) is 19.1 Å². The number of alkyl halides is 3. The maximum Gasteiger partial charge on any atom is 0.409 e. The average Bonchev–Trinajstić information content (AvgIpc) is 2.58. The maximum absolute atomic E-state index is 13.7. The Balaban J connectivity index is 2.57. The van der Waals surface area contributed by atoms with Gasteiger partial charge >= 0.3 is 6.18 Å². The Labute approximate surface area is 148 Å². The first kappa shape index (κ1) is 20.1. The normalized spacial score (nSPS) is 13.7. The number of methoxy groups -OCH3 is 1. The van der Waals surface area contributed by atoms with Gasteiger partial charge in [-0.2, -0.15) is 17.5 Å². The molecule has 0 saturated heterocycles. The van der Waals surface area contributed by atoms with Gasteiger partial charge in [-0.25, -0.2) is 12.8 Å². The molecule has 2 rings (SSSR count). The molecule has 0 spiro atoms. The third-order valence-corrected chi connectivity index (χ3v) is 5.53. The van der Waals surface area contributed by atoms with Crippen LogP contribution in [-0.2, 0) is 10.0 Å². The molecule has 1 heterocycles. The van der Waals surface area contributed by atoms with Crippen LogP contribution in [0.4, 0.5) is 17.6 Å². The number of ether oxygens (including phenoxy) is 1. The van der Waals surface area contributed by atoms with Gasteiger partial charge in [0, 0.05) is 12.7 Å². The van der Waals surface area contributed by atoms with Gasteiger partial charge in [0.25, 0.3) is 0 Å². The number of benzene rings is 1. The fraction of sp³-hybridized carbons (Fsp3) is 0.312. The van der Waals surface area contributed by atoms with Crippen molar-refractivity contribution in [2.75, 3.05) is 13.7 Å². The summed E-state index contributed by atoms with van der Waals surface area (Å²) in [5, 5.41) is 0. The summed E-state index contributed by atoms with van der Waals surface area (Å²) in [5.74, 6) is -0.634. The van der Waals surface area contributed by atoms with Gasteiger partial charge in [-0.15, -0.1) is 0 Å². The highest BCUT2D eigenvalue weighted by atomic mass is 32.2. The van der Waals surface area contributed by atoms with Crippen LogP contribution < -0.4 is 4.74 Å². The summed E-state index contributed by atoms with van der Waals surface area (Å²) >= 11 is 0. The molecule has 2 aromatic rings. The van der Waals surface area contributed by atoms with Crippen molar-refractivity contribution in [1.29, 1.82) is 0 Å². The molecule has 0 amide bonds. The highest BCUT2D eigenvalue weighted by molar-refractivity contribution is 7.89. The molecule has 1 aromatic heterocycles. The molecular formula is C16H16F4N2O3S. The Kier molecular flexibility index (Phi) is 5.87. The number of nitrogens with zero attached hydrogens (tertiary/aromatic N) is 2. The van der Waals surface area contributed by atoms with Crippen molar-refractivity contribution in [3.63, 3.8) is 0 Å². The van der Waals surface area contributed by atoms with Crippen molar-refractivity contribution >= 4 is 10.0 Å². The van der Waals surface area contributed by atoms with E-state index in [-0.39, 0.29) is 9.87 Å². The molecular weight excluding hydrogens is 376 g/mol. The first-order valence-corrected chi connectivity index (χ1v) is 8.88. The highest BCUT2D eigenvalue weighted by Gasteiger charge is 2.48. The van der Waals surface area contributed by atoms with Crippen LogP contribution in [0.15, 0.2) is 47.6 Å². The van der Waals surface area contributed by atoms with Gasteiger partial charge in [-0.3, -0.25) is 4.98 Å². The second-order valence-electron chi connectivity index (χ2n) is 5.26. The standard InChI is InChI=1S/C16H16F4N2O3S/c1-3-22(26(23,24)14-8-12(17)9-21-10-14)15(16(18,19)20)11-4-6-13(25-2)7-5-11/h4-10,15H,3H2,1-2H3. The lowest BCUT2D eigenvalue weighted by molar-refractivity contribution is -0.173. The molecule has 0 N–H and O–H groups in total. The largest absolute Gasteiger partial charge is 0.497 e. The van der Waals surface area contributed by atoms with E-state index in [1.807, 2.05) is 0 Å². The molecule has 1 aromatic carbocycles. The minimum atomic E-state index is -4.89. The quantitative estimate of drug-likeness (QED) is 0.706. The fourth-order valence-electron chi connectivity index (χ4n) is 2.46. The Morgan fingerprint density at radius 1 is 1.19 bits per heavy atom. The maximum atomic E-state index is 13.7. The summed E-state index contributed by atoms with van der Waals surface area (Å²) in [5.41, 5.74) is -0.284. The van der Waals surface area contributed by atoms with E-state index in [0.717, 1.165) is 24.5 Å². The molecule has 0 bridgehead atoms. The van der Waals surface area contributed by atoms with E-state index in [1.54, 1.807) is 0 Å². The number of hydrogen-bond donors (Lipinski definition) is 0. The van der Waals surface area contributed by atoms with Crippen molar-refractivity contribution < 1.29 is 30.7 Å². The first-order chi connectivity index (χ1) is 12.1. The average molecular weight is 392 g/mol. The lowest BCUT2D eigenvalue weighted by Crippen LogP contribution is -2.42. The Morgan fingerprint density at radius 2 is 1.81 bits per heavy atom. The van der Waals surface area contributed by atoms with Crippen LogP contribution in [-0.4, -0.2) is 37.5 Å². The number of pyridine rings is 1. The molecule has 142 valence electrons. The van der Waals surface area contributed by atoms with E-state index in [9.17, 15) is 26.0 Å². The highest BCUT2D eigenvalue weighted by Crippen LogP contribution is 2.40. The predicted octanol–water partition coefficient (Wildman–Crippen LogP) is 3.54. The first-order valence-electron chi connectivity index (χ1n) is 7.44. The van der Waals surface area contributed by atoms with E-state index in [2.05, 4.69) is 4.98 Å². The zero-order valence-corrected chi connectivity index (χ0v) is 14.7. The monoisotopic (exact) mass is 392 g/mol. The number of sulfonamides is 1. The molecule has 0 saturated carbocycles.